The third-order valence-corrected chi connectivity index (χ3v) is 5.72. The first-order chi connectivity index (χ1) is 23.8. The zero-order valence-electron chi connectivity index (χ0n) is 26.6. The molecule has 0 spiro atoms. The molecule has 0 atom stereocenters. The van der Waals surface area contributed by atoms with Crippen molar-refractivity contribution in [1.29, 1.82) is 0 Å². The fourth-order valence-corrected chi connectivity index (χ4v) is 3.67. The summed E-state index contributed by atoms with van der Waals surface area (Å²) < 4.78 is 121. The Morgan fingerprint density at radius 3 is 1.46 bits per heavy atom. The van der Waals surface area contributed by atoms with Crippen LogP contribution in [0.5, 0.6) is 11.5 Å². The van der Waals surface area contributed by atoms with Gasteiger partial charge in [0.2, 0.25) is 0 Å². The molecule has 6 aromatic rings. The van der Waals surface area contributed by atoms with E-state index in [1.165, 1.54) is 6.07 Å². The van der Waals surface area contributed by atoms with Crippen LogP contribution >= 0.6 is 7.81 Å². The Balaban J connectivity index is 0.000000246. The quantitative estimate of drug-likeness (QED) is 0.0974. The van der Waals surface area contributed by atoms with Crippen LogP contribution in [-0.4, -0.2) is 34.2 Å². The van der Waals surface area contributed by atoms with E-state index in [2.05, 4.69) is 32.1 Å². The van der Waals surface area contributed by atoms with Gasteiger partial charge in [0.1, 0.15) is 11.5 Å². The summed E-state index contributed by atoms with van der Waals surface area (Å²) >= 11 is 0. The smallest absolute Gasteiger partial charge is 0.305 e. The summed E-state index contributed by atoms with van der Waals surface area (Å²) in [5, 5.41) is 0. The minimum atomic E-state index is -10.7. The summed E-state index contributed by atoms with van der Waals surface area (Å²) in [6.45, 7) is 0. The summed E-state index contributed by atoms with van der Waals surface area (Å²) in [6, 6.07) is 26.3. The number of ether oxygens (including phenoxy) is 2. The Morgan fingerprint density at radius 1 is 0.558 bits per heavy atom. The molecule has 0 aliphatic rings. The van der Waals surface area contributed by atoms with Gasteiger partial charge in [0.15, 0.2) is 0 Å². The zero-order chi connectivity index (χ0) is 37.7. The fourth-order valence-electron chi connectivity index (χ4n) is 3.67. The van der Waals surface area contributed by atoms with Gasteiger partial charge in [-0.2, -0.15) is 0 Å². The SMILES string of the molecule is COc1ccnc(-c2cc(OC)ccn2)c1.F[P-](F)(F)(F)(F)F.Fc1[c-]c(-c2ccccn2)cc(F)c1.Fc1c[c-]c(-c2ccccn2)c(F)c1.[Ir+3]. The number of pyridine rings is 4. The average molecular weight is 934 g/mol. The molecule has 0 bridgehead atoms. The van der Waals surface area contributed by atoms with Crippen molar-refractivity contribution in [2.45, 2.75) is 0 Å². The van der Waals surface area contributed by atoms with Gasteiger partial charge in [-0.15, -0.1) is 29.8 Å². The van der Waals surface area contributed by atoms with Crippen LogP contribution in [0.1, 0.15) is 0 Å². The molecule has 0 saturated carbocycles. The van der Waals surface area contributed by atoms with E-state index >= 15 is 0 Å². The van der Waals surface area contributed by atoms with Crippen LogP contribution in [0.3, 0.4) is 0 Å². The summed E-state index contributed by atoms with van der Waals surface area (Å²) in [5.74, 6) is -1.11. The fraction of sp³-hybridized carbons (Fsp3) is 0.0588. The van der Waals surface area contributed by atoms with Gasteiger partial charge < -0.3 is 19.4 Å². The second-order valence-corrected chi connectivity index (χ2v) is 11.6. The van der Waals surface area contributed by atoms with Crippen LogP contribution in [0.4, 0.5) is 42.7 Å². The van der Waals surface area contributed by atoms with Crippen molar-refractivity contribution in [1.82, 2.24) is 19.9 Å². The Labute approximate surface area is 304 Å². The number of methoxy groups -OCH3 is 2. The summed E-state index contributed by atoms with van der Waals surface area (Å²) in [4.78, 5) is 16.4. The van der Waals surface area contributed by atoms with E-state index in [1.807, 2.05) is 12.1 Å². The van der Waals surface area contributed by atoms with Gasteiger partial charge in [0, 0.05) is 60.2 Å². The van der Waals surface area contributed by atoms with Crippen molar-refractivity contribution in [3.8, 4) is 45.4 Å². The van der Waals surface area contributed by atoms with E-state index in [0.29, 0.717) is 17.0 Å². The molecule has 0 N–H and O–H groups in total. The van der Waals surface area contributed by atoms with Crippen molar-refractivity contribution >= 4 is 7.81 Å². The Hall–Kier alpha value is -4.98. The minimum absolute atomic E-state index is 0. The van der Waals surface area contributed by atoms with Crippen LogP contribution in [0.2, 0.25) is 0 Å². The van der Waals surface area contributed by atoms with E-state index in [9.17, 15) is 42.7 Å². The number of halogens is 10. The van der Waals surface area contributed by atoms with E-state index in [0.717, 1.165) is 41.1 Å². The van der Waals surface area contributed by atoms with Crippen molar-refractivity contribution in [3.05, 3.63) is 145 Å². The summed E-state index contributed by atoms with van der Waals surface area (Å²) in [5.41, 5.74) is 2.99. The second-order valence-electron chi connectivity index (χ2n) is 9.65. The standard InChI is InChI=1S/C12H12N2O2.2C11H6F2N.F6P.Ir/c1-15-9-3-5-13-11(7-9)12-8-10(16-2)4-6-14-12;12-8-4-5-9(10(13)7-8)11-3-1-2-6-14-11;12-9-5-8(6-10(13)7-9)11-3-1-2-4-14-11;1-7(2,3,4,5)6;/h3-8H,1-2H3;1-4,6-7H;1-5,7H;;/q;3*-1;+3. The summed E-state index contributed by atoms with van der Waals surface area (Å²) in [7, 11) is -7.41. The number of nitrogens with zero attached hydrogens (tertiary/aromatic N) is 4. The molecule has 4 heterocycles. The minimum Gasteiger partial charge on any atom is -0.305 e. The molecule has 4 aromatic heterocycles. The van der Waals surface area contributed by atoms with Gasteiger partial charge in [-0.1, -0.05) is 42.0 Å². The van der Waals surface area contributed by atoms with Gasteiger partial charge in [0.05, 0.1) is 25.6 Å². The number of rotatable bonds is 5. The van der Waals surface area contributed by atoms with E-state index in [4.69, 9.17) is 9.47 Å². The third-order valence-electron chi connectivity index (χ3n) is 5.72. The molecule has 0 aliphatic heterocycles. The predicted molar refractivity (Wildman–Crippen MR) is 171 cm³/mol. The van der Waals surface area contributed by atoms with Crippen LogP contribution in [-0.2, 0) is 20.1 Å². The van der Waals surface area contributed by atoms with Crippen LogP contribution in [0.25, 0.3) is 33.9 Å². The topological polar surface area (TPSA) is 70.0 Å². The van der Waals surface area contributed by atoms with Gasteiger partial charge in [-0.3, -0.25) is 18.7 Å². The van der Waals surface area contributed by atoms with Crippen LogP contribution in [0.15, 0.2) is 110 Å². The van der Waals surface area contributed by atoms with Gasteiger partial charge in [-0.05, 0) is 35.7 Å². The van der Waals surface area contributed by atoms with Crippen LogP contribution < -0.4 is 9.47 Å². The molecule has 0 unspecified atom stereocenters. The molecule has 52 heavy (non-hydrogen) atoms. The third kappa shape index (κ3) is 16.8. The molecule has 18 heteroatoms. The zero-order valence-corrected chi connectivity index (χ0v) is 29.8. The molecule has 0 fully saturated rings. The monoisotopic (exact) mass is 934 g/mol. The molecular weight excluding hydrogens is 910 g/mol. The largest absolute Gasteiger partial charge is 3.00 e. The first-order valence-electron chi connectivity index (χ1n) is 14.0. The molecule has 6 nitrogen and oxygen atoms in total. The van der Waals surface area contributed by atoms with Crippen LogP contribution in [0, 0.1) is 35.4 Å². The van der Waals surface area contributed by atoms with Crippen molar-refractivity contribution < 1.29 is 72.3 Å². The van der Waals surface area contributed by atoms with Crippen molar-refractivity contribution in [2.24, 2.45) is 0 Å². The van der Waals surface area contributed by atoms with Crippen molar-refractivity contribution in [3.63, 3.8) is 0 Å². The molecule has 2 aromatic carbocycles. The van der Waals surface area contributed by atoms with Gasteiger partial charge in [0.25, 0.3) is 0 Å². The normalized spacial score (nSPS) is 11.6. The Morgan fingerprint density at radius 2 is 1.04 bits per heavy atom. The van der Waals surface area contributed by atoms with E-state index in [-0.39, 0.29) is 25.7 Å². The average Bonchev–Trinajstić information content (AvgIpc) is 3.08. The predicted octanol–water partition coefficient (Wildman–Crippen LogP) is 11.2. The van der Waals surface area contributed by atoms with Gasteiger partial charge in [-0.25, -0.2) is 8.78 Å². The maximum atomic E-state index is 13.2. The Kier molecular flexibility index (Phi) is 14.9. The molecule has 276 valence electrons. The maximum absolute atomic E-state index is 13.2. The molecular formula is C34H24F10IrN4O2P. The number of benzene rings is 2. The maximum Gasteiger partial charge on any atom is 3.00 e. The molecule has 0 aliphatic carbocycles. The van der Waals surface area contributed by atoms with E-state index in [1.54, 1.807) is 87.5 Å². The molecule has 0 saturated heterocycles. The van der Waals surface area contributed by atoms with E-state index < -0.39 is 31.1 Å². The van der Waals surface area contributed by atoms with Gasteiger partial charge >= 0.3 is 53.1 Å². The Bertz CT molecular complexity index is 1960. The first kappa shape index (κ1) is 43.2. The number of hydrogen-bond acceptors (Lipinski definition) is 6. The molecule has 0 amide bonds. The first-order valence-corrected chi connectivity index (χ1v) is 16.0. The number of hydrogen-bond donors (Lipinski definition) is 0. The van der Waals surface area contributed by atoms with Crippen molar-refractivity contribution in [2.75, 3.05) is 14.2 Å². The molecule has 0 radical (unpaired) electrons. The second kappa shape index (κ2) is 18.0. The number of aromatic nitrogens is 4. The molecule has 6 rings (SSSR count). The summed E-state index contributed by atoms with van der Waals surface area (Å²) in [6.07, 6.45) is 6.49.